The molecule has 0 aromatic heterocycles. The largest absolute Gasteiger partial charge is 0.487 e. The van der Waals surface area contributed by atoms with E-state index >= 15 is 0 Å². The summed E-state index contributed by atoms with van der Waals surface area (Å²) >= 11 is 0. The van der Waals surface area contributed by atoms with Gasteiger partial charge in [0.2, 0.25) is 5.78 Å². The minimum atomic E-state index is -0.492. The predicted octanol–water partition coefficient (Wildman–Crippen LogP) is 2.26. The normalized spacial score (nSPS) is 17.4. The Morgan fingerprint density at radius 1 is 1.41 bits per heavy atom. The third kappa shape index (κ3) is 4.87. The molecule has 0 atom stereocenters. The number of carbonyl (C=O) groups is 1. The number of hydrogen-bond donors (Lipinski definition) is 1. The molecule has 0 amide bonds. The second kappa shape index (κ2) is 8.81. The summed E-state index contributed by atoms with van der Waals surface area (Å²) in [5.74, 6) is -0.618. The van der Waals surface area contributed by atoms with Crippen molar-refractivity contribution in [2.75, 3.05) is 27.2 Å². The number of hydrogen-bond acceptors (Lipinski definition) is 6. The van der Waals surface area contributed by atoms with E-state index in [9.17, 15) is 19.5 Å². The highest BCUT2D eigenvalue weighted by atomic mass is 19.1. The monoisotopic (exact) mass is 397 g/mol. The Kier molecular flexibility index (Phi) is 6.41. The molecule has 1 aromatic rings. The summed E-state index contributed by atoms with van der Waals surface area (Å²) in [7, 11) is 2.99. The first kappa shape index (κ1) is 21.1. The van der Waals surface area contributed by atoms with Crippen LogP contribution in [0.2, 0.25) is 6.82 Å². The van der Waals surface area contributed by atoms with Crippen molar-refractivity contribution in [1.29, 1.82) is 5.26 Å². The minimum Gasteiger partial charge on any atom is -0.487 e. The molecule has 1 heterocycles. The van der Waals surface area contributed by atoms with E-state index in [1.165, 1.54) is 12.3 Å². The van der Waals surface area contributed by atoms with E-state index < -0.39 is 12.9 Å². The van der Waals surface area contributed by atoms with E-state index in [1.807, 2.05) is 10.9 Å². The van der Waals surface area contributed by atoms with Crippen molar-refractivity contribution >= 4 is 18.9 Å². The van der Waals surface area contributed by atoms with Crippen molar-refractivity contribution in [3.63, 3.8) is 0 Å². The number of halogens is 1. The van der Waals surface area contributed by atoms with Gasteiger partial charge >= 0.3 is 7.05 Å². The zero-order valence-electron chi connectivity index (χ0n) is 17.0. The van der Waals surface area contributed by atoms with Gasteiger partial charge in [0.05, 0.1) is 0 Å². The van der Waals surface area contributed by atoms with Gasteiger partial charge in [-0.25, -0.2) is 4.39 Å². The maximum atomic E-state index is 14.6. The summed E-state index contributed by atoms with van der Waals surface area (Å²) in [6, 6.07) is 4.98. The smallest absolute Gasteiger partial charge is 0.376 e. The van der Waals surface area contributed by atoms with E-state index in [2.05, 4.69) is 0 Å². The van der Waals surface area contributed by atoms with Gasteiger partial charge in [-0.15, -0.1) is 0 Å². The Morgan fingerprint density at radius 3 is 2.69 bits per heavy atom. The molecule has 29 heavy (non-hydrogen) atoms. The summed E-state index contributed by atoms with van der Waals surface area (Å²) in [5, 5.41) is 18.9. The number of Topliss-reactive ketones (excluding diaryl/α,β-unsaturated/α-hetero) is 1. The predicted molar refractivity (Wildman–Crippen MR) is 110 cm³/mol. The van der Waals surface area contributed by atoms with E-state index in [1.54, 1.807) is 38.0 Å². The average Bonchev–Trinajstić information content (AvgIpc) is 3.08. The highest BCUT2D eigenvalue weighted by molar-refractivity contribution is 6.45. The summed E-state index contributed by atoms with van der Waals surface area (Å²) < 4.78 is 20.5. The number of carbonyl (C=O) groups excluding carboxylic acids is 1. The Hall–Kier alpha value is -2.63. The number of nitriles is 1. The summed E-state index contributed by atoms with van der Waals surface area (Å²) in [5.41, 5.74) is 1.98. The van der Waals surface area contributed by atoms with Gasteiger partial charge in [0.1, 0.15) is 17.7 Å². The van der Waals surface area contributed by atoms with Gasteiger partial charge in [0.25, 0.3) is 0 Å². The van der Waals surface area contributed by atoms with Crippen LogP contribution in [0.1, 0.15) is 24.0 Å². The van der Waals surface area contributed by atoms with Gasteiger partial charge in [-0.05, 0) is 62.1 Å². The third-order valence-electron chi connectivity index (χ3n) is 5.25. The summed E-state index contributed by atoms with van der Waals surface area (Å²) in [6.45, 7) is 3.13. The van der Waals surface area contributed by atoms with Crippen molar-refractivity contribution in [3.8, 4) is 11.8 Å². The Morgan fingerprint density at radius 2 is 2.10 bits per heavy atom. The molecule has 0 radical (unpaired) electrons. The zero-order valence-corrected chi connectivity index (χ0v) is 17.0. The first-order chi connectivity index (χ1) is 13.8. The molecule has 8 heteroatoms. The Bertz CT molecular complexity index is 897. The lowest BCUT2D eigenvalue weighted by atomic mass is 9.82. The van der Waals surface area contributed by atoms with Crippen LogP contribution in [0.25, 0.3) is 6.08 Å². The molecule has 152 valence electrons. The first-order valence-electron chi connectivity index (χ1n) is 9.73. The van der Waals surface area contributed by atoms with E-state index in [-0.39, 0.29) is 23.2 Å². The van der Waals surface area contributed by atoms with Gasteiger partial charge in [-0.1, -0.05) is 0 Å². The van der Waals surface area contributed by atoms with Crippen molar-refractivity contribution in [2.24, 2.45) is 0 Å². The number of allylic oxidation sites excluding steroid dienone is 2. The molecule has 6 nitrogen and oxygen atoms in total. The molecule has 1 aliphatic carbocycles. The van der Waals surface area contributed by atoms with Crippen molar-refractivity contribution in [3.05, 3.63) is 46.4 Å². The van der Waals surface area contributed by atoms with E-state index in [0.29, 0.717) is 43.5 Å². The highest BCUT2D eigenvalue weighted by Crippen LogP contribution is 2.33. The van der Waals surface area contributed by atoms with Crippen LogP contribution in [0.4, 0.5) is 4.39 Å². The van der Waals surface area contributed by atoms with Gasteiger partial charge in [-0.3, -0.25) is 4.79 Å². The van der Waals surface area contributed by atoms with Crippen LogP contribution in [0.15, 0.2) is 29.5 Å². The number of fused-ring (bicyclic) bond motifs is 1. The maximum absolute atomic E-state index is 14.6. The fourth-order valence-electron chi connectivity index (χ4n) is 3.69. The number of benzene rings is 1. The molecular formula is C21H25BFN3O3. The number of rotatable bonds is 6. The van der Waals surface area contributed by atoms with Crippen LogP contribution in [0.5, 0.6) is 5.75 Å². The van der Waals surface area contributed by atoms with Crippen LogP contribution in [-0.4, -0.2) is 60.9 Å². The molecule has 2 aliphatic rings. The van der Waals surface area contributed by atoms with Crippen LogP contribution >= 0.6 is 0 Å². The maximum Gasteiger partial charge on any atom is 0.376 e. The molecule has 0 spiro atoms. The van der Waals surface area contributed by atoms with Crippen LogP contribution in [0.3, 0.4) is 0 Å². The van der Waals surface area contributed by atoms with Gasteiger partial charge in [0, 0.05) is 32.3 Å². The molecule has 0 saturated carbocycles. The molecule has 1 aromatic carbocycles. The molecular weight excluding hydrogens is 372 g/mol. The second-order valence-electron chi connectivity index (χ2n) is 7.76. The summed E-state index contributed by atoms with van der Waals surface area (Å²) in [4.78, 5) is 16.2. The fraction of sp³-hybridized carbons (Fsp3) is 0.429. The minimum absolute atomic E-state index is 0.0517. The van der Waals surface area contributed by atoms with Gasteiger partial charge in [-0.2, -0.15) is 5.26 Å². The number of ether oxygens (including phenoxy) is 1. The Labute approximate surface area is 171 Å². The van der Waals surface area contributed by atoms with E-state index in [4.69, 9.17) is 4.74 Å². The number of piperidine rings is 1. The lowest BCUT2D eigenvalue weighted by molar-refractivity contribution is -0.111. The molecule has 1 fully saturated rings. The number of nitrogens with zero attached hydrogens (tertiary/aromatic N) is 3. The molecule has 1 N–H and O–H groups in total. The van der Waals surface area contributed by atoms with Crippen LogP contribution < -0.4 is 4.74 Å². The SMILES string of the molecule is CB(O)N1CCC(Oc2cc3c(cc2F)CC(C(=O)C(C#N)=CN(C)C)=C3)CC1. The molecule has 1 aliphatic heterocycles. The fourth-order valence-corrected chi connectivity index (χ4v) is 3.69. The lowest BCUT2D eigenvalue weighted by Gasteiger charge is -2.32. The third-order valence-corrected chi connectivity index (χ3v) is 5.25. The average molecular weight is 397 g/mol. The van der Waals surface area contributed by atoms with Crippen molar-refractivity contribution < 1.29 is 18.9 Å². The highest BCUT2D eigenvalue weighted by Gasteiger charge is 2.27. The first-order valence-corrected chi connectivity index (χ1v) is 9.73. The van der Waals surface area contributed by atoms with Crippen LogP contribution in [-0.2, 0) is 11.2 Å². The zero-order chi connectivity index (χ0) is 21.1. The standard InChI is InChI=1S/C21H25BFN3O3/c1-22(28)26-6-4-18(5-7-26)29-20-11-15-9-16(8-14(15)10-19(20)23)21(27)17(12-24)13-25(2)3/h9-11,13,18,28H,4-8H2,1-3H3. The summed E-state index contributed by atoms with van der Waals surface area (Å²) in [6.07, 6.45) is 4.80. The van der Waals surface area contributed by atoms with Gasteiger partial charge in [0.15, 0.2) is 11.6 Å². The van der Waals surface area contributed by atoms with Gasteiger partial charge < -0.3 is 19.5 Å². The topological polar surface area (TPSA) is 76.8 Å². The molecule has 1 saturated heterocycles. The van der Waals surface area contributed by atoms with Crippen LogP contribution in [0, 0.1) is 17.1 Å². The second-order valence-corrected chi connectivity index (χ2v) is 7.76. The van der Waals surface area contributed by atoms with E-state index in [0.717, 1.165) is 5.56 Å². The van der Waals surface area contributed by atoms with Crippen molar-refractivity contribution in [1.82, 2.24) is 9.71 Å². The number of ketones is 1. The lowest BCUT2D eigenvalue weighted by Crippen LogP contribution is -2.45. The molecule has 0 bridgehead atoms. The Balaban J connectivity index is 1.73. The molecule has 0 unspecified atom stereocenters. The quantitative estimate of drug-likeness (QED) is 0.451. The van der Waals surface area contributed by atoms with Crippen molar-refractivity contribution in [2.45, 2.75) is 32.2 Å². The molecule has 3 rings (SSSR count).